The highest BCUT2D eigenvalue weighted by Crippen LogP contribution is 2.25. The number of ether oxygens (including phenoxy) is 2. The van der Waals surface area contributed by atoms with Crippen molar-refractivity contribution < 1.29 is 23.9 Å². The summed E-state index contributed by atoms with van der Waals surface area (Å²) in [5.41, 5.74) is 5.52. The van der Waals surface area contributed by atoms with E-state index in [0.717, 1.165) is 6.42 Å². The molecule has 0 spiro atoms. The third-order valence-electron chi connectivity index (χ3n) is 3.65. The molecule has 28 heavy (non-hydrogen) atoms. The lowest BCUT2D eigenvalue weighted by molar-refractivity contribution is -0.123. The molecule has 0 atom stereocenters. The number of hydrazine groups is 1. The van der Waals surface area contributed by atoms with Gasteiger partial charge in [-0.15, -0.1) is 0 Å². The molecule has 0 unspecified atom stereocenters. The number of methoxy groups -OCH3 is 1. The predicted octanol–water partition coefficient (Wildman–Crippen LogP) is 2.27. The summed E-state index contributed by atoms with van der Waals surface area (Å²) in [6, 6.07) is 13.3. The average Bonchev–Trinajstić information content (AvgIpc) is 2.71. The van der Waals surface area contributed by atoms with Crippen LogP contribution in [0.5, 0.6) is 11.5 Å². The first-order valence-electron chi connectivity index (χ1n) is 8.78. The molecule has 0 radical (unpaired) electrons. The number of anilines is 1. The van der Waals surface area contributed by atoms with Gasteiger partial charge in [-0.1, -0.05) is 19.1 Å². The maximum atomic E-state index is 12.1. The van der Waals surface area contributed by atoms with E-state index < -0.39 is 11.8 Å². The van der Waals surface area contributed by atoms with E-state index in [-0.39, 0.29) is 12.5 Å². The van der Waals surface area contributed by atoms with Gasteiger partial charge in [0.2, 0.25) is 5.91 Å². The van der Waals surface area contributed by atoms with E-state index in [2.05, 4.69) is 16.2 Å². The quantitative estimate of drug-likeness (QED) is 0.605. The highest BCUT2D eigenvalue weighted by Gasteiger charge is 2.10. The smallest absolute Gasteiger partial charge is 0.276 e. The van der Waals surface area contributed by atoms with Crippen LogP contribution in [-0.4, -0.2) is 31.4 Å². The maximum absolute atomic E-state index is 12.1. The lowest BCUT2D eigenvalue weighted by atomic mass is 10.2. The molecule has 8 heteroatoms. The fourth-order valence-corrected chi connectivity index (χ4v) is 2.27. The van der Waals surface area contributed by atoms with E-state index >= 15 is 0 Å². The topological polar surface area (TPSA) is 106 Å². The summed E-state index contributed by atoms with van der Waals surface area (Å²) in [6.45, 7) is 1.63. The van der Waals surface area contributed by atoms with Gasteiger partial charge >= 0.3 is 0 Å². The SMILES string of the molecule is CCCC(=O)Nc1ccc(C(=O)NNC(=O)COc2ccccc2OC)cc1. The van der Waals surface area contributed by atoms with Gasteiger partial charge in [0.1, 0.15) is 0 Å². The summed E-state index contributed by atoms with van der Waals surface area (Å²) < 4.78 is 10.5. The van der Waals surface area contributed by atoms with Gasteiger partial charge in [-0.3, -0.25) is 25.2 Å². The number of amides is 3. The molecular formula is C20H23N3O5. The second-order valence-electron chi connectivity index (χ2n) is 5.82. The number of para-hydroxylation sites is 2. The van der Waals surface area contributed by atoms with Crippen LogP contribution in [-0.2, 0) is 9.59 Å². The molecule has 0 aliphatic rings. The lowest BCUT2D eigenvalue weighted by Gasteiger charge is -2.11. The van der Waals surface area contributed by atoms with Crippen LogP contribution in [0.15, 0.2) is 48.5 Å². The van der Waals surface area contributed by atoms with Gasteiger partial charge in [-0.05, 0) is 42.8 Å². The molecule has 2 aromatic carbocycles. The predicted molar refractivity (Wildman–Crippen MR) is 104 cm³/mol. The molecule has 0 aromatic heterocycles. The summed E-state index contributed by atoms with van der Waals surface area (Å²) in [6.07, 6.45) is 1.19. The Bertz CT molecular complexity index is 821. The number of benzene rings is 2. The van der Waals surface area contributed by atoms with Crippen LogP contribution in [0.4, 0.5) is 5.69 Å². The Morgan fingerprint density at radius 3 is 2.21 bits per heavy atom. The maximum Gasteiger partial charge on any atom is 0.276 e. The molecule has 148 valence electrons. The third kappa shape index (κ3) is 6.31. The Labute approximate surface area is 163 Å². The Kier molecular flexibility index (Phi) is 7.83. The number of carbonyl (C=O) groups is 3. The number of hydrogen-bond acceptors (Lipinski definition) is 5. The molecule has 0 aliphatic carbocycles. The molecule has 0 heterocycles. The summed E-state index contributed by atoms with van der Waals surface area (Å²) in [4.78, 5) is 35.5. The molecule has 0 saturated carbocycles. The van der Waals surface area contributed by atoms with E-state index in [0.29, 0.717) is 29.2 Å². The Hall–Kier alpha value is -3.55. The van der Waals surface area contributed by atoms with Crippen molar-refractivity contribution in [2.24, 2.45) is 0 Å². The molecule has 3 N–H and O–H groups in total. The van der Waals surface area contributed by atoms with E-state index in [1.54, 1.807) is 48.5 Å². The van der Waals surface area contributed by atoms with Crippen LogP contribution in [0, 0.1) is 0 Å². The summed E-state index contributed by atoms with van der Waals surface area (Å²) in [5.74, 6) is -0.167. The van der Waals surface area contributed by atoms with Crippen molar-refractivity contribution in [1.29, 1.82) is 0 Å². The van der Waals surface area contributed by atoms with E-state index in [4.69, 9.17) is 9.47 Å². The second kappa shape index (κ2) is 10.6. The Morgan fingerprint density at radius 1 is 0.893 bits per heavy atom. The molecular weight excluding hydrogens is 362 g/mol. The molecule has 8 nitrogen and oxygen atoms in total. The van der Waals surface area contributed by atoms with Gasteiger partial charge in [0, 0.05) is 17.7 Å². The van der Waals surface area contributed by atoms with Gasteiger partial charge in [0.25, 0.3) is 11.8 Å². The van der Waals surface area contributed by atoms with Gasteiger partial charge in [-0.25, -0.2) is 0 Å². The molecule has 0 aliphatic heterocycles. The van der Waals surface area contributed by atoms with Gasteiger partial charge in [0.05, 0.1) is 7.11 Å². The fourth-order valence-electron chi connectivity index (χ4n) is 2.27. The summed E-state index contributed by atoms with van der Waals surface area (Å²) in [7, 11) is 1.50. The van der Waals surface area contributed by atoms with Crippen LogP contribution in [0.25, 0.3) is 0 Å². The molecule has 2 rings (SSSR count). The first kappa shape index (κ1) is 20.8. The van der Waals surface area contributed by atoms with E-state index in [9.17, 15) is 14.4 Å². The summed E-state index contributed by atoms with van der Waals surface area (Å²) in [5, 5.41) is 2.73. The second-order valence-corrected chi connectivity index (χ2v) is 5.82. The first-order valence-corrected chi connectivity index (χ1v) is 8.78. The largest absolute Gasteiger partial charge is 0.493 e. The van der Waals surface area contributed by atoms with Crippen LogP contribution < -0.4 is 25.6 Å². The van der Waals surface area contributed by atoms with E-state index in [1.165, 1.54) is 7.11 Å². The van der Waals surface area contributed by atoms with Crippen molar-refractivity contribution in [3.8, 4) is 11.5 Å². The lowest BCUT2D eigenvalue weighted by Crippen LogP contribution is -2.43. The number of nitrogens with one attached hydrogen (secondary N) is 3. The minimum absolute atomic E-state index is 0.0815. The number of rotatable bonds is 8. The third-order valence-corrected chi connectivity index (χ3v) is 3.65. The van der Waals surface area contributed by atoms with Crippen LogP contribution in [0.1, 0.15) is 30.1 Å². The first-order chi connectivity index (χ1) is 13.5. The molecule has 0 bridgehead atoms. The normalized spacial score (nSPS) is 9.93. The molecule has 0 saturated heterocycles. The van der Waals surface area contributed by atoms with Crippen molar-refractivity contribution in [2.75, 3.05) is 19.0 Å². The summed E-state index contributed by atoms with van der Waals surface area (Å²) >= 11 is 0. The Balaban J connectivity index is 1.79. The van der Waals surface area contributed by atoms with Crippen LogP contribution in [0.3, 0.4) is 0 Å². The molecule has 0 fully saturated rings. The van der Waals surface area contributed by atoms with Crippen molar-refractivity contribution >= 4 is 23.4 Å². The van der Waals surface area contributed by atoms with Crippen LogP contribution in [0.2, 0.25) is 0 Å². The zero-order valence-electron chi connectivity index (χ0n) is 15.8. The number of carbonyl (C=O) groups excluding carboxylic acids is 3. The zero-order valence-corrected chi connectivity index (χ0v) is 15.8. The van der Waals surface area contributed by atoms with Gasteiger partial charge in [-0.2, -0.15) is 0 Å². The standard InChI is InChI=1S/C20H23N3O5/c1-3-6-18(24)21-15-11-9-14(10-12-15)20(26)23-22-19(25)13-28-17-8-5-4-7-16(17)27-2/h4-5,7-12H,3,6,13H2,1-2H3,(H,21,24)(H,22,25)(H,23,26). The van der Waals surface area contributed by atoms with Crippen molar-refractivity contribution in [3.05, 3.63) is 54.1 Å². The molecule has 3 amide bonds. The van der Waals surface area contributed by atoms with Crippen molar-refractivity contribution in [1.82, 2.24) is 10.9 Å². The zero-order chi connectivity index (χ0) is 20.4. The van der Waals surface area contributed by atoms with Gasteiger partial charge in [0.15, 0.2) is 18.1 Å². The highest BCUT2D eigenvalue weighted by atomic mass is 16.5. The van der Waals surface area contributed by atoms with Crippen molar-refractivity contribution in [3.63, 3.8) is 0 Å². The highest BCUT2D eigenvalue weighted by molar-refractivity contribution is 5.96. The van der Waals surface area contributed by atoms with Crippen molar-refractivity contribution in [2.45, 2.75) is 19.8 Å². The van der Waals surface area contributed by atoms with E-state index in [1.807, 2.05) is 6.92 Å². The monoisotopic (exact) mass is 385 g/mol. The van der Waals surface area contributed by atoms with Gasteiger partial charge < -0.3 is 14.8 Å². The average molecular weight is 385 g/mol. The molecule has 2 aromatic rings. The Morgan fingerprint density at radius 2 is 1.57 bits per heavy atom. The minimum atomic E-state index is -0.525. The number of hydrogen-bond donors (Lipinski definition) is 3. The van der Waals surface area contributed by atoms with Crippen LogP contribution >= 0.6 is 0 Å². The fraction of sp³-hybridized carbons (Fsp3) is 0.250. The minimum Gasteiger partial charge on any atom is -0.493 e.